The number of aliphatic hydroxyl groups is 2. The van der Waals surface area contributed by atoms with Gasteiger partial charge in [0.05, 0.1) is 24.9 Å². The number of nitrogens with zero attached hydrogens (tertiary/aromatic N) is 1. The van der Waals surface area contributed by atoms with Crippen LogP contribution in [-0.2, 0) is 23.9 Å². The van der Waals surface area contributed by atoms with Gasteiger partial charge >= 0.3 is 0 Å². The highest BCUT2D eigenvalue weighted by Gasteiger charge is 2.87. The van der Waals surface area contributed by atoms with Crippen LogP contribution in [0.25, 0.3) is 0 Å². The van der Waals surface area contributed by atoms with Gasteiger partial charge in [0.15, 0.2) is 17.1 Å². The van der Waals surface area contributed by atoms with Crippen molar-refractivity contribution in [2.75, 3.05) is 19.7 Å². The van der Waals surface area contributed by atoms with Crippen molar-refractivity contribution in [2.45, 2.75) is 69.4 Å². The van der Waals surface area contributed by atoms with Gasteiger partial charge in [0.25, 0.3) is 5.91 Å². The number of rotatable bonds is 8. The van der Waals surface area contributed by atoms with Gasteiger partial charge in [0.2, 0.25) is 11.8 Å². The van der Waals surface area contributed by atoms with E-state index in [1.165, 1.54) is 6.92 Å². The minimum Gasteiger partial charge on any atom is -0.390 e. The van der Waals surface area contributed by atoms with Gasteiger partial charge in [0.1, 0.15) is 12.2 Å². The molecule has 0 unspecified atom stereocenters. The molecule has 1 heterocycles. The van der Waals surface area contributed by atoms with Crippen LogP contribution in [0.3, 0.4) is 0 Å². The van der Waals surface area contributed by atoms with Crippen LogP contribution in [-0.4, -0.2) is 82.1 Å². The van der Waals surface area contributed by atoms with Crippen molar-refractivity contribution in [2.24, 2.45) is 28.3 Å². The van der Waals surface area contributed by atoms with E-state index in [-0.39, 0.29) is 36.9 Å². The number of nitrogens with one attached hydrogen (secondary N) is 3. The quantitative estimate of drug-likeness (QED) is 0.159. The Kier molecular flexibility index (Phi) is 7.11. The molecular weight excluding hydrogens is 535 g/mol. The van der Waals surface area contributed by atoms with Crippen molar-refractivity contribution in [3.05, 3.63) is 36.0 Å². The lowest BCUT2D eigenvalue weighted by atomic mass is 9.48. The number of epoxide rings is 1. The van der Waals surface area contributed by atoms with E-state index >= 15 is 4.39 Å². The van der Waals surface area contributed by atoms with Crippen molar-refractivity contribution in [3.8, 4) is 0 Å². The Balaban J connectivity index is 1.25. The molecule has 3 amide bonds. The maximum absolute atomic E-state index is 17.4. The van der Waals surface area contributed by atoms with Crippen molar-refractivity contribution in [3.63, 3.8) is 0 Å². The van der Waals surface area contributed by atoms with E-state index in [2.05, 4.69) is 27.7 Å². The van der Waals surface area contributed by atoms with Crippen molar-refractivity contribution < 1.29 is 38.5 Å². The fourth-order valence-electron chi connectivity index (χ4n) is 8.05. The zero-order valence-corrected chi connectivity index (χ0v) is 23.5. The highest BCUT2D eigenvalue weighted by Crippen LogP contribution is 2.76. The van der Waals surface area contributed by atoms with Gasteiger partial charge in [-0.2, -0.15) is 5.10 Å². The third-order valence-electron chi connectivity index (χ3n) is 10.0. The SMILES string of the molecule is C=C(C)C(=O)NCC(=O)NCC(=O)N/N=C1\C=C[C@@]2(C)C(=C1)CC[C@H]1[C@@H]3C[C@@H](C)[C@@]4(C(=O)CO)O[C@]34C[C@H](O)[C@@]12F. The van der Waals surface area contributed by atoms with Crippen LogP contribution in [0.1, 0.15) is 46.5 Å². The van der Waals surface area contributed by atoms with E-state index in [0.717, 1.165) is 5.57 Å². The van der Waals surface area contributed by atoms with E-state index in [0.29, 0.717) is 25.0 Å². The molecule has 8 atom stereocenters. The molecule has 1 saturated heterocycles. The van der Waals surface area contributed by atoms with Crippen LogP contribution >= 0.6 is 0 Å². The first-order valence-corrected chi connectivity index (χ1v) is 14.0. The lowest BCUT2D eigenvalue weighted by molar-refractivity contribution is -0.179. The fourth-order valence-corrected chi connectivity index (χ4v) is 8.05. The first-order chi connectivity index (χ1) is 19.3. The Bertz CT molecular complexity index is 1310. The average Bonchev–Trinajstić information content (AvgIpc) is 3.54. The number of aliphatic hydroxyl groups excluding tert-OH is 2. The third-order valence-corrected chi connectivity index (χ3v) is 10.0. The van der Waals surface area contributed by atoms with Crippen LogP contribution in [0.5, 0.6) is 0 Å². The standard InChI is InChI=1S/C29H37FN4O7/c1-15(2)25(40)32-12-23(38)31-13-24(39)34-33-18-7-8-26(4)17(10-18)5-6-19-20-9-16(3)29(22(37)14-35)27(20,41-29)11-21(36)28(19,26)30/h7-8,10,16,19-21,35-36H,1,5-6,9,11-14H2,2-4H3,(H,31,38)(H,32,40)(H,34,39)/b33-18+/t16-,19+,20+,21+,26+,27-,28+,29+/m1/s1. The molecule has 5 rings (SSSR count). The number of carbonyl (C=O) groups excluding carboxylic acids is 4. The molecule has 1 aliphatic heterocycles. The molecule has 5 N–H and O–H groups in total. The lowest BCUT2D eigenvalue weighted by Gasteiger charge is -2.59. The molecule has 12 heteroatoms. The molecule has 41 heavy (non-hydrogen) atoms. The molecule has 4 aliphatic carbocycles. The molecule has 3 saturated carbocycles. The Morgan fingerprint density at radius 2 is 1.90 bits per heavy atom. The minimum atomic E-state index is -2.01. The summed E-state index contributed by atoms with van der Waals surface area (Å²) in [6, 6.07) is 0. The van der Waals surface area contributed by atoms with Crippen molar-refractivity contribution in [1.82, 2.24) is 16.1 Å². The lowest BCUT2D eigenvalue weighted by Crippen LogP contribution is -2.66. The number of allylic oxidation sites excluding steroid dienone is 4. The Hall–Kier alpha value is -3.22. The highest BCUT2D eigenvalue weighted by atomic mass is 19.1. The Labute approximate surface area is 237 Å². The van der Waals surface area contributed by atoms with Gasteiger partial charge in [-0.1, -0.05) is 25.2 Å². The zero-order chi connectivity index (χ0) is 30.0. The molecule has 0 aromatic carbocycles. The first-order valence-electron chi connectivity index (χ1n) is 14.0. The second-order valence-electron chi connectivity index (χ2n) is 12.2. The summed E-state index contributed by atoms with van der Waals surface area (Å²) in [6.07, 6.45) is 5.16. The number of Topliss-reactive ketones (excluding diaryl/α,β-unsaturated/α-hetero) is 1. The van der Waals surface area contributed by atoms with Gasteiger partial charge in [-0.3, -0.25) is 19.2 Å². The number of fused-ring (bicyclic) bond motifs is 4. The summed E-state index contributed by atoms with van der Waals surface area (Å²) in [5.74, 6) is -2.99. The molecule has 11 nitrogen and oxygen atoms in total. The Morgan fingerprint density at radius 3 is 2.59 bits per heavy atom. The van der Waals surface area contributed by atoms with Gasteiger partial charge in [-0.15, -0.1) is 0 Å². The first kappa shape index (κ1) is 29.3. The zero-order valence-electron chi connectivity index (χ0n) is 23.5. The fraction of sp³-hybridized carbons (Fsp3) is 0.621. The number of ether oxygens (including phenoxy) is 1. The predicted molar refractivity (Wildman–Crippen MR) is 145 cm³/mol. The monoisotopic (exact) mass is 572 g/mol. The summed E-state index contributed by atoms with van der Waals surface area (Å²) in [5.41, 5.74) is -1.48. The molecule has 222 valence electrons. The molecule has 4 fully saturated rings. The number of amides is 3. The molecule has 0 aromatic rings. The third kappa shape index (κ3) is 4.13. The molecule has 0 bridgehead atoms. The van der Waals surface area contributed by atoms with Gasteiger partial charge in [0, 0.05) is 23.3 Å². The predicted octanol–water partition coefficient (Wildman–Crippen LogP) is 0.378. The summed E-state index contributed by atoms with van der Waals surface area (Å²) < 4.78 is 23.4. The van der Waals surface area contributed by atoms with Gasteiger partial charge in [-0.25, -0.2) is 9.82 Å². The largest absolute Gasteiger partial charge is 0.390 e. The molecular formula is C29H37FN4O7. The second-order valence-corrected chi connectivity index (χ2v) is 12.2. The van der Waals surface area contributed by atoms with E-state index < -0.39 is 64.4 Å². The summed E-state index contributed by atoms with van der Waals surface area (Å²) in [7, 11) is 0. The topological polar surface area (TPSA) is 170 Å². The number of carbonyl (C=O) groups is 4. The van der Waals surface area contributed by atoms with Gasteiger partial charge in [-0.05, 0) is 57.1 Å². The number of hydrazone groups is 1. The van der Waals surface area contributed by atoms with E-state index in [4.69, 9.17) is 4.74 Å². The maximum Gasteiger partial charge on any atom is 0.259 e. The van der Waals surface area contributed by atoms with Crippen LogP contribution < -0.4 is 16.1 Å². The molecule has 0 radical (unpaired) electrons. The van der Waals surface area contributed by atoms with Crippen molar-refractivity contribution >= 4 is 29.2 Å². The smallest absolute Gasteiger partial charge is 0.259 e. The molecule has 0 aromatic heterocycles. The van der Waals surface area contributed by atoms with Crippen LogP contribution in [0.4, 0.5) is 4.39 Å². The second kappa shape index (κ2) is 9.95. The van der Waals surface area contributed by atoms with Crippen molar-refractivity contribution in [1.29, 1.82) is 0 Å². The summed E-state index contributed by atoms with van der Waals surface area (Å²) in [6.45, 7) is 7.33. The number of halogens is 1. The van der Waals surface area contributed by atoms with Gasteiger partial charge < -0.3 is 25.6 Å². The normalized spacial score (nSPS) is 40.7. The van der Waals surface area contributed by atoms with E-state index in [1.807, 2.05) is 6.92 Å². The average molecular weight is 573 g/mol. The number of ketones is 1. The number of hydrogen-bond acceptors (Lipinski definition) is 8. The maximum atomic E-state index is 17.4. The van der Waals surface area contributed by atoms with Crippen LogP contribution in [0.2, 0.25) is 0 Å². The van der Waals surface area contributed by atoms with Crippen LogP contribution in [0, 0.1) is 23.2 Å². The minimum absolute atomic E-state index is 0.0168. The highest BCUT2D eigenvalue weighted by molar-refractivity contribution is 6.06. The summed E-state index contributed by atoms with van der Waals surface area (Å²) in [4.78, 5) is 48.2. The molecule has 5 aliphatic rings. The van der Waals surface area contributed by atoms with E-state index in [9.17, 15) is 29.4 Å². The molecule has 1 spiro atoms. The summed E-state index contributed by atoms with van der Waals surface area (Å²) in [5, 5.41) is 29.8. The number of alkyl halides is 1. The van der Waals surface area contributed by atoms with E-state index in [1.54, 1.807) is 25.2 Å². The Morgan fingerprint density at radius 1 is 1.20 bits per heavy atom. The van der Waals surface area contributed by atoms with Crippen LogP contribution in [0.15, 0.2) is 41.1 Å². The summed E-state index contributed by atoms with van der Waals surface area (Å²) >= 11 is 0. The number of hydrogen-bond donors (Lipinski definition) is 5.